The van der Waals surface area contributed by atoms with Gasteiger partial charge >= 0.3 is 6.18 Å². The number of nitrogens with zero attached hydrogens (tertiary/aromatic N) is 7. The monoisotopic (exact) mass is 437 g/mol. The summed E-state index contributed by atoms with van der Waals surface area (Å²) in [5, 5.41) is 19.8. The lowest BCUT2D eigenvalue weighted by Gasteiger charge is -2.34. The molecule has 0 radical (unpaired) electrons. The Morgan fingerprint density at radius 2 is 1.70 bits per heavy atom. The Morgan fingerprint density at radius 1 is 1.00 bits per heavy atom. The molecule has 0 saturated carbocycles. The zero-order chi connectivity index (χ0) is 21.5. The SMILES string of the molecule is N#Cc1ccccc1S(=O)(=O)N1CCN(c2ccc3nnc(C(F)(F)F)n3n2)CC1. The van der Waals surface area contributed by atoms with Crippen LogP contribution in [0.15, 0.2) is 41.3 Å². The van der Waals surface area contributed by atoms with Crippen molar-refractivity contribution in [2.45, 2.75) is 11.1 Å². The molecule has 9 nitrogen and oxygen atoms in total. The van der Waals surface area contributed by atoms with Gasteiger partial charge in [-0.25, -0.2) is 8.42 Å². The summed E-state index contributed by atoms with van der Waals surface area (Å²) in [4.78, 5) is 1.61. The van der Waals surface area contributed by atoms with Crippen molar-refractivity contribution in [3.63, 3.8) is 0 Å². The van der Waals surface area contributed by atoms with Gasteiger partial charge in [0, 0.05) is 26.2 Å². The lowest BCUT2D eigenvalue weighted by Crippen LogP contribution is -2.49. The van der Waals surface area contributed by atoms with Gasteiger partial charge in [0.1, 0.15) is 11.9 Å². The molecule has 30 heavy (non-hydrogen) atoms. The maximum Gasteiger partial charge on any atom is 0.453 e. The van der Waals surface area contributed by atoms with Crippen molar-refractivity contribution < 1.29 is 21.6 Å². The van der Waals surface area contributed by atoms with Gasteiger partial charge < -0.3 is 4.90 Å². The smallest absolute Gasteiger partial charge is 0.353 e. The molecule has 13 heteroatoms. The van der Waals surface area contributed by atoms with E-state index >= 15 is 0 Å². The van der Waals surface area contributed by atoms with E-state index in [1.165, 1.54) is 28.6 Å². The van der Waals surface area contributed by atoms with Crippen LogP contribution in [0.4, 0.5) is 19.0 Å². The molecule has 0 N–H and O–H groups in total. The predicted octanol–water partition coefficient (Wildman–Crippen LogP) is 1.53. The molecular formula is C17H14F3N7O2S. The number of benzene rings is 1. The zero-order valence-electron chi connectivity index (χ0n) is 15.3. The third kappa shape index (κ3) is 3.44. The van der Waals surface area contributed by atoms with Gasteiger partial charge in [0.05, 0.1) is 10.5 Å². The van der Waals surface area contributed by atoms with Crippen molar-refractivity contribution in [1.29, 1.82) is 5.26 Å². The van der Waals surface area contributed by atoms with Gasteiger partial charge in [-0.1, -0.05) is 12.1 Å². The van der Waals surface area contributed by atoms with Gasteiger partial charge in [-0.05, 0) is 24.3 Å². The molecule has 1 aliphatic rings. The van der Waals surface area contributed by atoms with E-state index in [9.17, 15) is 26.9 Å². The second-order valence-electron chi connectivity index (χ2n) is 6.48. The van der Waals surface area contributed by atoms with Gasteiger partial charge in [0.25, 0.3) is 5.82 Å². The van der Waals surface area contributed by atoms with Gasteiger partial charge in [0.2, 0.25) is 10.0 Å². The Morgan fingerprint density at radius 3 is 2.37 bits per heavy atom. The quantitative estimate of drug-likeness (QED) is 0.611. The summed E-state index contributed by atoms with van der Waals surface area (Å²) in [6, 6.07) is 10.7. The number of piperazine rings is 1. The van der Waals surface area contributed by atoms with Gasteiger partial charge in [-0.2, -0.15) is 27.3 Å². The van der Waals surface area contributed by atoms with E-state index in [1.54, 1.807) is 17.0 Å². The summed E-state index contributed by atoms with van der Waals surface area (Å²) in [6.45, 7) is 0.623. The molecular weight excluding hydrogens is 423 g/mol. The summed E-state index contributed by atoms with van der Waals surface area (Å²) < 4.78 is 66.8. The van der Waals surface area contributed by atoms with Crippen LogP contribution in [0, 0.1) is 11.3 Å². The summed E-state index contributed by atoms with van der Waals surface area (Å²) in [7, 11) is -3.87. The number of aromatic nitrogens is 4. The number of fused-ring (bicyclic) bond motifs is 1. The molecule has 1 fully saturated rings. The minimum absolute atomic E-state index is 0.0413. The first-order chi connectivity index (χ1) is 14.2. The number of alkyl halides is 3. The molecule has 0 aliphatic carbocycles. The van der Waals surface area contributed by atoms with Crippen LogP contribution >= 0.6 is 0 Å². The van der Waals surface area contributed by atoms with E-state index in [0.717, 1.165) is 0 Å². The molecule has 0 bridgehead atoms. The first-order valence-corrected chi connectivity index (χ1v) is 10.2. The molecule has 0 atom stereocenters. The fourth-order valence-corrected chi connectivity index (χ4v) is 4.77. The van der Waals surface area contributed by atoms with E-state index in [0.29, 0.717) is 4.52 Å². The Bertz CT molecular complexity index is 1240. The van der Waals surface area contributed by atoms with E-state index < -0.39 is 22.0 Å². The zero-order valence-corrected chi connectivity index (χ0v) is 16.1. The molecule has 1 saturated heterocycles. The predicted molar refractivity (Wildman–Crippen MR) is 97.9 cm³/mol. The van der Waals surface area contributed by atoms with E-state index in [1.807, 2.05) is 6.07 Å². The molecule has 1 aromatic carbocycles. The van der Waals surface area contributed by atoms with Crippen LogP contribution in [-0.2, 0) is 16.2 Å². The molecule has 156 valence electrons. The standard InChI is InChI=1S/C17H14F3N7O2S/c18-17(19,20)16-23-22-14-5-6-15(24-27(14)16)25-7-9-26(10-8-25)30(28,29)13-4-2-1-3-12(13)11-21/h1-6H,7-10H2. The number of sulfonamides is 1. The number of nitriles is 1. The van der Waals surface area contributed by atoms with E-state index in [4.69, 9.17) is 0 Å². The Balaban J connectivity index is 1.56. The van der Waals surface area contributed by atoms with Gasteiger partial charge in [-0.3, -0.25) is 0 Å². The lowest BCUT2D eigenvalue weighted by molar-refractivity contribution is -0.146. The van der Waals surface area contributed by atoms with Crippen LogP contribution in [0.3, 0.4) is 0 Å². The van der Waals surface area contributed by atoms with Crippen molar-refractivity contribution in [3.05, 3.63) is 47.8 Å². The van der Waals surface area contributed by atoms with Crippen molar-refractivity contribution in [2.24, 2.45) is 0 Å². The average Bonchev–Trinajstić information content (AvgIpc) is 3.17. The van der Waals surface area contributed by atoms with E-state index in [2.05, 4.69) is 15.3 Å². The van der Waals surface area contributed by atoms with Crippen LogP contribution in [0.25, 0.3) is 5.65 Å². The summed E-state index contributed by atoms with van der Waals surface area (Å²) >= 11 is 0. The van der Waals surface area contributed by atoms with Crippen molar-refractivity contribution in [1.82, 2.24) is 24.1 Å². The van der Waals surface area contributed by atoms with Crippen molar-refractivity contribution in [2.75, 3.05) is 31.1 Å². The lowest BCUT2D eigenvalue weighted by atomic mass is 10.2. The normalized spacial score (nSPS) is 16.0. The molecule has 0 spiro atoms. The van der Waals surface area contributed by atoms with E-state index in [-0.39, 0.29) is 48.1 Å². The Kier molecular flexibility index (Phi) is 4.83. The second-order valence-corrected chi connectivity index (χ2v) is 8.39. The highest BCUT2D eigenvalue weighted by Gasteiger charge is 2.38. The van der Waals surface area contributed by atoms with Crippen LogP contribution in [0.1, 0.15) is 11.4 Å². The second kappa shape index (κ2) is 7.22. The highest BCUT2D eigenvalue weighted by molar-refractivity contribution is 7.89. The topological polar surface area (TPSA) is 107 Å². The van der Waals surface area contributed by atoms with Crippen LogP contribution < -0.4 is 4.90 Å². The summed E-state index contributed by atoms with van der Waals surface area (Å²) in [6.07, 6.45) is -4.70. The highest BCUT2D eigenvalue weighted by Crippen LogP contribution is 2.28. The Hall–Kier alpha value is -3.24. The largest absolute Gasteiger partial charge is 0.453 e. The maximum atomic E-state index is 13.1. The summed E-state index contributed by atoms with van der Waals surface area (Å²) in [5.41, 5.74) is 0.0136. The number of hydrogen-bond donors (Lipinski definition) is 0. The number of rotatable bonds is 3. The molecule has 3 aromatic rings. The molecule has 4 rings (SSSR count). The number of hydrogen-bond acceptors (Lipinski definition) is 7. The summed E-state index contributed by atoms with van der Waals surface area (Å²) in [5.74, 6) is -0.976. The first-order valence-electron chi connectivity index (χ1n) is 8.76. The van der Waals surface area contributed by atoms with Gasteiger partial charge in [-0.15, -0.1) is 15.3 Å². The third-order valence-corrected chi connectivity index (χ3v) is 6.65. The van der Waals surface area contributed by atoms with Crippen LogP contribution in [-0.4, -0.2) is 58.7 Å². The fraction of sp³-hybridized carbons (Fsp3) is 0.294. The van der Waals surface area contributed by atoms with Crippen molar-refractivity contribution >= 4 is 21.5 Å². The minimum atomic E-state index is -4.70. The highest BCUT2D eigenvalue weighted by atomic mass is 32.2. The Labute approximate surface area is 169 Å². The van der Waals surface area contributed by atoms with Crippen LogP contribution in [0.2, 0.25) is 0 Å². The maximum absolute atomic E-state index is 13.1. The third-order valence-electron chi connectivity index (χ3n) is 4.69. The number of anilines is 1. The first kappa shape index (κ1) is 20.0. The number of halogens is 3. The molecule has 0 unspecified atom stereocenters. The molecule has 2 aromatic heterocycles. The molecule has 0 amide bonds. The molecule has 3 heterocycles. The van der Waals surface area contributed by atoms with Crippen LogP contribution in [0.5, 0.6) is 0 Å². The average molecular weight is 437 g/mol. The molecule has 1 aliphatic heterocycles. The minimum Gasteiger partial charge on any atom is -0.353 e. The van der Waals surface area contributed by atoms with Crippen molar-refractivity contribution in [3.8, 4) is 6.07 Å². The van der Waals surface area contributed by atoms with Gasteiger partial charge in [0.15, 0.2) is 5.65 Å². The fourth-order valence-electron chi connectivity index (χ4n) is 3.21.